The van der Waals surface area contributed by atoms with Crippen molar-refractivity contribution in [3.63, 3.8) is 0 Å². The number of halogens is 2. The average molecular weight is 297 g/mol. The molecule has 0 saturated carbocycles. The average Bonchev–Trinajstić information content (AvgIpc) is 2.70. The number of aryl methyl sites for hydroxylation is 3. The Morgan fingerprint density at radius 3 is 2.50 bits per heavy atom. The van der Waals surface area contributed by atoms with Crippen LogP contribution in [0, 0.1) is 32.4 Å². The van der Waals surface area contributed by atoms with Gasteiger partial charge < -0.3 is 0 Å². The van der Waals surface area contributed by atoms with E-state index in [0.29, 0.717) is 17.5 Å². The van der Waals surface area contributed by atoms with Gasteiger partial charge in [0.15, 0.2) is 0 Å². The third kappa shape index (κ3) is 3.03. The SMILES string of the molecule is Cc1cc(C(Cc2nc(C)c(C)s2)NN)c(F)cc1F. The van der Waals surface area contributed by atoms with Gasteiger partial charge in [-0.2, -0.15) is 0 Å². The smallest absolute Gasteiger partial charge is 0.130 e. The summed E-state index contributed by atoms with van der Waals surface area (Å²) in [6.45, 7) is 5.52. The number of nitrogens with one attached hydrogen (secondary N) is 1. The highest BCUT2D eigenvalue weighted by Gasteiger charge is 2.19. The van der Waals surface area contributed by atoms with Gasteiger partial charge in [-0.25, -0.2) is 13.8 Å². The molecule has 0 aliphatic carbocycles. The zero-order valence-electron chi connectivity index (χ0n) is 11.6. The third-order valence-electron chi connectivity index (χ3n) is 3.31. The fraction of sp³-hybridized carbons (Fsp3) is 0.357. The fourth-order valence-electron chi connectivity index (χ4n) is 2.01. The molecule has 0 saturated heterocycles. The number of benzene rings is 1. The summed E-state index contributed by atoms with van der Waals surface area (Å²) in [5.74, 6) is 4.37. The monoisotopic (exact) mass is 297 g/mol. The molecule has 0 aliphatic heterocycles. The molecule has 3 N–H and O–H groups in total. The van der Waals surface area contributed by atoms with Crippen molar-refractivity contribution in [3.8, 4) is 0 Å². The van der Waals surface area contributed by atoms with Crippen molar-refractivity contribution < 1.29 is 8.78 Å². The molecule has 108 valence electrons. The summed E-state index contributed by atoms with van der Waals surface area (Å²) in [6.07, 6.45) is 0.470. The Labute approximate surface area is 120 Å². The second-order valence-corrected chi connectivity index (χ2v) is 6.08. The van der Waals surface area contributed by atoms with Crippen LogP contribution in [-0.4, -0.2) is 4.98 Å². The largest absolute Gasteiger partial charge is 0.271 e. The van der Waals surface area contributed by atoms with Gasteiger partial charge in [0.1, 0.15) is 11.6 Å². The highest BCUT2D eigenvalue weighted by molar-refractivity contribution is 7.11. The van der Waals surface area contributed by atoms with Gasteiger partial charge in [-0.3, -0.25) is 11.3 Å². The van der Waals surface area contributed by atoms with Gasteiger partial charge >= 0.3 is 0 Å². The van der Waals surface area contributed by atoms with E-state index >= 15 is 0 Å². The van der Waals surface area contributed by atoms with Gasteiger partial charge in [0.05, 0.1) is 16.7 Å². The van der Waals surface area contributed by atoms with Crippen molar-refractivity contribution in [2.75, 3.05) is 0 Å². The lowest BCUT2D eigenvalue weighted by Crippen LogP contribution is -2.30. The summed E-state index contributed by atoms with van der Waals surface area (Å²) < 4.78 is 27.2. The lowest BCUT2D eigenvalue weighted by Gasteiger charge is -2.16. The molecule has 0 aliphatic rings. The van der Waals surface area contributed by atoms with E-state index in [4.69, 9.17) is 5.84 Å². The fourth-order valence-corrected chi connectivity index (χ4v) is 2.99. The number of rotatable bonds is 4. The molecule has 1 aromatic heterocycles. The molecule has 1 heterocycles. The molecule has 6 heteroatoms. The van der Waals surface area contributed by atoms with Crippen LogP contribution in [0.2, 0.25) is 0 Å². The molecule has 2 aromatic rings. The van der Waals surface area contributed by atoms with Crippen LogP contribution in [-0.2, 0) is 6.42 Å². The summed E-state index contributed by atoms with van der Waals surface area (Å²) in [4.78, 5) is 5.55. The molecule has 1 aromatic carbocycles. The Hall–Kier alpha value is -1.37. The van der Waals surface area contributed by atoms with Crippen molar-refractivity contribution in [1.29, 1.82) is 0 Å². The van der Waals surface area contributed by atoms with Crippen molar-refractivity contribution in [2.24, 2.45) is 5.84 Å². The minimum atomic E-state index is -0.596. The van der Waals surface area contributed by atoms with Gasteiger partial charge in [-0.1, -0.05) is 0 Å². The van der Waals surface area contributed by atoms with Crippen molar-refractivity contribution >= 4 is 11.3 Å². The zero-order chi connectivity index (χ0) is 14.9. The van der Waals surface area contributed by atoms with E-state index in [2.05, 4.69) is 10.4 Å². The minimum Gasteiger partial charge on any atom is -0.271 e. The van der Waals surface area contributed by atoms with E-state index in [9.17, 15) is 8.78 Å². The van der Waals surface area contributed by atoms with Gasteiger partial charge in [-0.05, 0) is 32.4 Å². The van der Waals surface area contributed by atoms with Crippen LogP contribution in [0.1, 0.15) is 32.7 Å². The van der Waals surface area contributed by atoms with Crippen molar-refractivity contribution in [1.82, 2.24) is 10.4 Å². The maximum atomic E-state index is 13.9. The second-order valence-electron chi connectivity index (χ2n) is 4.80. The first kappa shape index (κ1) is 15.0. The maximum absolute atomic E-state index is 13.9. The second kappa shape index (κ2) is 5.95. The first-order valence-electron chi connectivity index (χ1n) is 6.27. The van der Waals surface area contributed by atoms with E-state index in [0.717, 1.165) is 21.6 Å². The number of nitrogens with zero attached hydrogens (tertiary/aromatic N) is 1. The Balaban J connectivity index is 2.30. The van der Waals surface area contributed by atoms with Crippen LogP contribution in [0.4, 0.5) is 8.78 Å². The lowest BCUT2D eigenvalue weighted by atomic mass is 10.0. The molecule has 2 rings (SSSR count). The molecular formula is C14H17F2N3S. The summed E-state index contributed by atoms with van der Waals surface area (Å²) in [6, 6.07) is 1.95. The van der Waals surface area contributed by atoms with Crippen LogP contribution in [0.5, 0.6) is 0 Å². The number of aromatic nitrogens is 1. The molecule has 1 atom stereocenters. The van der Waals surface area contributed by atoms with Crippen LogP contribution >= 0.6 is 11.3 Å². The van der Waals surface area contributed by atoms with Gasteiger partial charge in [-0.15, -0.1) is 11.3 Å². The molecular weight excluding hydrogens is 280 g/mol. The number of hydrogen-bond acceptors (Lipinski definition) is 4. The van der Waals surface area contributed by atoms with E-state index < -0.39 is 17.7 Å². The molecule has 0 amide bonds. The summed E-state index contributed by atoms with van der Waals surface area (Å²) in [5, 5.41) is 0.879. The highest BCUT2D eigenvalue weighted by atomic mass is 32.1. The van der Waals surface area contributed by atoms with Crippen LogP contribution in [0.3, 0.4) is 0 Å². The molecule has 0 fully saturated rings. The Bertz CT molecular complexity index is 606. The quantitative estimate of drug-likeness (QED) is 0.673. The standard InChI is InChI=1S/C14H17F2N3S/c1-7-4-10(12(16)5-11(7)15)13(19-17)6-14-18-8(2)9(3)20-14/h4-5,13,19H,6,17H2,1-3H3. The number of hydrazine groups is 1. The molecule has 3 nitrogen and oxygen atoms in total. The number of nitrogens with two attached hydrogens (primary N) is 1. The topological polar surface area (TPSA) is 50.9 Å². The van der Waals surface area contributed by atoms with Crippen molar-refractivity contribution in [2.45, 2.75) is 33.2 Å². The number of thiazole rings is 1. The summed E-state index contributed by atoms with van der Waals surface area (Å²) >= 11 is 1.56. The Kier molecular flexibility index (Phi) is 4.47. The molecule has 20 heavy (non-hydrogen) atoms. The zero-order valence-corrected chi connectivity index (χ0v) is 12.4. The third-order valence-corrected chi connectivity index (χ3v) is 4.40. The van der Waals surface area contributed by atoms with E-state index in [1.807, 2.05) is 13.8 Å². The summed E-state index contributed by atoms with van der Waals surface area (Å²) in [5.41, 5.74) is 4.31. The Morgan fingerprint density at radius 2 is 1.95 bits per heavy atom. The van der Waals surface area contributed by atoms with Crippen LogP contribution in [0.25, 0.3) is 0 Å². The van der Waals surface area contributed by atoms with Gasteiger partial charge in [0, 0.05) is 22.9 Å². The summed E-state index contributed by atoms with van der Waals surface area (Å²) in [7, 11) is 0. The highest BCUT2D eigenvalue weighted by Crippen LogP contribution is 2.26. The maximum Gasteiger partial charge on any atom is 0.130 e. The first-order chi connectivity index (χ1) is 9.42. The molecule has 0 bridgehead atoms. The predicted molar refractivity (Wildman–Crippen MR) is 76.5 cm³/mol. The van der Waals surface area contributed by atoms with Crippen molar-refractivity contribution in [3.05, 3.63) is 50.5 Å². The molecule has 0 spiro atoms. The Morgan fingerprint density at radius 1 is 1.25 bits per heavy atom. The van der Waals surface area contributed by atoms with E-state index in [1.54, 1.807) is 18.3 Å². The van der Waals surface area contributed by atoms with E-state index in [1.165, 1.54) is 6.07 Å². The first-order valence-corrected chi connectivity index (χ1v) is 7.08. The van der Waals surface area contributed by atoms with Gasteiger partial charge in [0.2, 0.25) is 0 Å². The predicted octanol–water partition coefficient (Wildman–Crippen LogP) is 3.09. The van der Waals surface area contributed by atoms with Crippen LogP contribution in [0.15, 0.2) is 12.1 Å². The minimum absolute atomic E-state index is 0.358. The lowest BCUT2D eigenvalue weighted by molar-refractivity contribution is 0.500. The van der Waals surface area contributed by atoms with E-state index in [-0.39, 0.29) is 0 Å². The van der Waals surface area contributed by atoms with Crippen LogP contribution < -0.4 is 11.3 Å². The molecule has 0 radical (unpaired) electrons. The normalized spacial score (nSPS) is 12.7. The number of hydrogen-bond donors (Lipinski definition) is 2. The molecule has 1 unspecified atom stereocenters. The van der Waals surface area contributed by atoms with Gasteiger partial charge in [0.25, 0.3) is 0 Å².